The van der Waals surface area contributed by atoms with Crippen LogP contribution >= 0.6 is 11.6 Å². The smallest absolute Gasteiger partial charge is 0.316 e. The molecular weight excluding hydrogens is 166 g/mol. The van der Waals surface area contributed by atoms with Gasteiger partial charge >= 0.3 is 5.37 Å². The van der Waals surface area contributed by atoms with Crippen molar-refractivity contribution in [3.05, 3.63) is 0 Å². The molecule has 0 aliphatic carbocycles. The van der Waals surface area contributed by atoms with Gasteiger partial charge in [0.15, 0.2) is 0 Å². The Morgan fingerprint density at radius 1 is 1.64 bits per heavy atom. The van der Waals surface area contributed by atoms with Gasteiger partial charge in [-0.3, -0.25) is 4.79 Å². The summed E-state index contributed by atoms with van der Waals surface area (Å²) in [5, 5.41) is -0.378. The number of carbonyl (C=O) groups is 1. The summed E-state index contributed by atoms with van der Waals surface area (Å²) in [6, 6.07) is 0. The van der Waals surface area contributed by atoms with Gasteiger partial charge in [0.1, 0.15) is 0 Å². The van der Waals surface area contributed by atoms with E-state index in [4.69, 9.17) is 16.3 Å². The largest absolute Gasteiger partial charge is 0.379 e. The first kappa shape index (κ1) is 8.81. The molecule has 1 rings (SSSR count). The average Bonchev–Trinajstić information content (AvgIpc) is 2.31. The van der Waals surface area contributed by atoms with Gasteiger partial charge in [0, 0.05) is 26.1 Å². The topological polar surface area (TPSA) is 29.5 Å². The summed E-state index contributed by atoms with van der Waals surface area (Å²) in [5.41, 5.74) is 0. The molecule has 1 fully saturated rings. The number of rotatable bonds is 1. The van der Waals surface area contributed by atoms with Gasteiger partial charge in [0.2, 0.25) is 0 Å². The average molecular weight is 178 g/mol. The summed E-state index contributed by atoms with van der Waals surface area (Å²) < 4.78 is 5.15. The van der Waals surface area contributed by atoms with Gasteiger partial charge in [-0.1, -0.05) is 6.92 Å². The molecule has 3 nitrogen and oxygen atoms in total. The minimum Gasteiger partial charge on any atom is -0.379 e. The van der Waals surface area contributed by atoms with Crippen LogP contribution in [-0.2, 0) is 4.74 Å². The molecule has 0 bridgehead atoms. The summed E-state index contributed by atoms with van der Waals surface area (Å²) >= 11 is 5.30. The number of nitrogens with zero attached hydrogens (tertiary/aromatic N) is 1. The van der Waals surface area contributed by atoms with Crippen molar-refractivity contribution in [2.75, 3.05) is 20.2 Å². The van der Waals surface area contributed by atoms with E-state index in [1.54, 1.807) is 12.0 Å². The Morgan fingerprint density at radius 2 is 2.27 bits per heavy atom. The maximum absolute atomic E-state index is 10.7. The number of likely N-dealkylation sites (tertiary alicyclic amines) is 1. The summed E-state index contributed by atoms with van der Waals surface area (Å²) in [6.07, 6.45) is 0.151. The maximum Gasteiger partial charge on any atom is 0.316 e. The Bertz CT molecular complexity index is 163. The highest BCUT2D eigenvalue weighted by molar-refractivity contribution is 6.62. The van der Waals surface area contributed by atoms with Crippen molar-refractivity contribution in [2.45, 2.75) is 13.0 Å². The third-order valence-electron chi connectivity index (χ3n) is 2.09. The number of carbonyl (C=O) groups excluding carboxylic acids is 1. The Kier molecular flexibility index (Phi) is 2.73. The molecule has 2 atom stereocenters. The minimum absolute atomic E-state index is 0.151. The second-order valence-electron chi connectivity index (χ2n) is 2.91. The van der Waals surface area contributed by atoms with E-state index >= 15 is 0 Å². The highest BCUT2D eigenvalue weighted by Gasteiger charge is 2.31. The zero-order valence-corrected chi connectivity index (χ0v) is 7.47. The predicted octanol–water partition coefficient (Wildman–Crippen LogP) is 1.31. The maximum atomic E-state index is 10.7. The molecule has 1 heterocycles. The normalized spacial score (nSPS) is 31.0. The first-order chi connectivity index (χ1) is 5.15. The lowest BCUT2D eigenvalue weighted by atomic mass is 10.1. The van der Waals surface area contributed by atoms with Gasteiger partial charge in [-0.25, -0.2) is 0 Å². The third kappa shape index (κ3) is 1.84. The molecule has 0 spiro atoms. The zero-order valence-electron chi connectivity index (χ0n) is 6.71. The van der Waals surface area contributed by atoms with E-state index in [0.717, 1.165) is 0 Å². The molecule has 0 aromatic carbocycles. The van der Waals surface area contributed by atoms with Gasteiger partial charge in [-0.2, -0.15) is 0 Å². The van der Waals surface area contributed by atoms with Crippen molar-refractivity contribution in [2.24, 2.45) is 5.92 Å². The van der Waals surface area contributed by atoms with Gasteiger partial charge < -0.3 is 9.64 Å². The number of amides is 1. The molecule has 1 saturated heterocycles. The van der Waals surface area contributed by atoms with Crippen molar-refractivity contribution in [3.8, 4) is 0 Å². The fourth-order valence-corrected chi connectivity index (χ4v) is 1.53. The van der Waals surface area contributed by atoms with Crippen molar-refractivity contribution < 1.29 is 9.53 Å². The molecule has 11 heavy (non-hydrogen) atoms. The summed E-state index contributed by atoms with van der Waals surface area (Å²) in [6.45, 7) is 3.38. The molecule has 0 N–H and O–H groups in total. The number of hydrogen-bond acceptors (Lipinski definition) is 2. The van der Waals surface area contributed by atoms with Crippen LogP contribution in [0.4, 0.5) is 4.79 Å². The highest BCUT2D eigenvalue weighted by atomic mass is 35.5. The molecule has 64 valence electrons. The van der Waals surface area contributed by atoms with E-state index in [-0.39, 0.29) is 11.5 Å². The van der Waals surface area contributed by atoms with Crippen LogP contribution in [0.25, 0.3) is 0 Å². The molecular formula is C7H12ClNO2. The van der Waals surface area contributed by atoms with Crippen LogP contribution in [0.3, 0.4) is 0 Å². The monoisotopic (exact) mass is 177 g/mol. The summed E-state index contributed by atoms with van der Waals surface area (Å²) in [5.74, 6) is 0.391. The molecule has 1 amide bonds. The minimum atomic E-state index is -0.378. The lowest BCUT2D eigenvalue weighted by Gasteiger charge is -2.10. The molecule has 1 aliphatic heterocycles. The summed E-state index contributed by atoms with van der Waals surface area (Å²) in [4.78, 5) is 12.3. The second kappa shape index (κ2) is 3.41. The Morgan fingerprint density at radius 3 is 2.55 bits per heavy atom. The molecule has 0 saturated carbocycles. The molecule has 4 heteroatoms. The van der Waals surface area contributed by atoms with E-state index in [2.05, 4.69) is 0 Å². The van der Waals surface area contributed by atoms with Crippen molar-refractivity contribution in [3.63, 3.8) is 0 Å². The van der Waals surface area contributed by atoms with Crippen molar-refractivity contribution >= 4 is 17.0 Å². The number of hydrogen-bond donors (Lipinski definition) is 0. The van der Waals surface area contributed by atoms with Gasteiger partial charge in [-0.15, -0.1) is 0 Å². The Labute approximate surface area is 71.3 Å². The van der Waals surface area contributed by atoms with Crippen LogP contribution in [-0.4, -0.2) is 36.6 Å². The first-order valence-corrected chi connectivity index (χ1v) is 4.00. The van der Waals surface area contributed by atoms with Crippen LogP contribution in [0.1, 0.15) is 6.92 Å². The lowest BCUT2D eigenvalue weighted by Crippen LogP contribution is -2.24. The van der Waals surface area contributed by atoms with Gasteiger partial charge in [0.05, 0.1) is 6.10 Å². The lowest BCUT2D eigenvalue weighted by molar-refractivity contribution is 0.0857. The van der Waals surface area contributed by atoms with Crippen molar-refractivity contribution in [1.29, 1.82) is 0 Å². The highest BCUT2D eigenvalue weighted by Crippen LogP contribution is 2.19. The van der Waals surface area contributed by atoms with Crippen LogP contribution in [0.2, 0.25) is 0 Å². The SMILES string of the molecule is CO[C@@H]1CN(C(=O)Cl)C[C@H]1C. The zero-order chi connectivity index (χ0) is 8.43. The third-order valence-corrected chi connectivity index (χ3v) is 2.33. The Hall–Kier alpha value is -0.280. The number of halogens is 1. The fraction of sp³-hybridized carbons (Fsp3) is 0.857. The van der Waals surface area contributed by atoms with Gasteiger partial charge in [0.25, 0.3) is 0 Å². The van der Waals surface area contributed by atoms with Crippen LogP contribution in [0, 0.1) is 5.92 Å². The van der Waals surface area contributed by atoms with Crippen molar-refractivity contribution in [1.82, 2.24) is 4.90 Å². The van der Waals surface area contributed by atoms with E-state index in [0.29, 0.717) is 19.0 Å². The molecule has 0 aromatic rings. The molecule has 0 aromatic heterocycles. The molecule has 0 radical (unpaired) electrons. The Balaban J connectivity index is 2.49. The van der Waals surface area contributed by atoms with E-state index < -0.39 is 0 Å². The quantitative estimate of drug-likeness (QED) is 0.447. The fourth-order valence-electron chi connectivity index (χ4n) is 1.39. The van der Waals surface area contributed by atoms with E-state index in [1.807, 2.05) is 6.92 Å². The number of methoxy groups -OCH3 is 1. The molecule has 0 unspecified atom stereocenters. The summed E-state index contributed by atoms with van der Waals surface area (Å²) in [7, 11) is 1.66. The van der Waals surface area contributed by atoms with Gasteiger partial charge in [-0.05, 0) is 11.6 Å². The van der Waals surface area contributed by atoms with Crippen LogP contribution in [0.5, 0.6) is 0 Å². The van der Waals surface area contributed by atoms with E-state index in [9.17, 15) is 4.79 Å². The first-order valence-electron chi connectivity index (χ1n) is 3.62. The molecule has 1 aliphatic rings. The van der Waals surface area contributed by atoms with E-state index in [1.165, 1.54) is 0 Å². The standard InChI is InChI=1S/C7H12ClNO2/c1-5-3-9(7(8)10)4-6(5)11-2/h5-6H,3-4H2,1-2H3/t5-,6-/m1/s1. The van der Waals surface area contributed by atoms with Crippen LogP contribution in [0.15, 0.2) is 0 Å². The van der Waals surface area contributed by atoms with Crippen LogP contribution < -0.4 is 0 Å². The number of ether oxygens (including phenoxy) is 1. The second-order valence-corrected chi connectivity index (χ2v) is 3.23. The predicted molar refractivity (Wildman–Crippen MR) is 42.8 cm³/mol.